The average molecular weight is 539 g/mol. The van der Waals surface area contributed by atoms with Crippen molar-refractivity contribution in [2.24, 2.45) is 0 Å². The predicted molar refractivity (Wildman–Crippen MR) is 144 cm³/mol. The number of hydrogen-bond donors (Lipinski definition) is 0. The van der Waals surface area contributed by atoms with Crippen molar-refractivity contribution in [3.8, 4) is 11.5 Å². The largest absolute Gasteiger partial charge is 0.545 e. The minimum atomic E-state index is -1.60. The zero-order valence-corrected chi connectivity index (χ0v) is 21.4. The second-order valence-electron chi connectivity index (χ2n) is 9.09. The van der Waals surface area contributed by atoms with Crippen molar-refractivity contribution in [3.63, 3.8) is 0 Å². The molecule has 1 heterocycles. The van der Waals surface area contributed by atoms with E-state index < -0.39 is 23.1 Å². The van der Waals surface area contributed by atoms with Crippen LogP contribution in [0.4, 0.5) is 0 Å². The van der Waals surface area contributed by atoms with E-state index in [1.165, 1.54) is 0 Å². The first-order valence-electron chi connectivity index (χ1n) is 11.6. The minimum absolute atomic E-state index is 0.0832. The Morgan fingerprint density at radius 2 is 1.42 bits per heavy atom. The van der Waals surface area contributed by atoms with Crippen molar-refractivity contribution in [1.82, 2.24) is 0 Å². The van der Waals surface area contributed by atoms with Gasteiger partial charge in [0.05, 0.1) is 22.0 Å². The molecule has 7 heteroatoms. The number of aromatic carboxylic acids is 2. The topological polar surface area (TPSA) is 89.5 Å². The van der Waals surface area contributed by atoms with Gasteiger partial charge in [-0.3, -0.25) is 0 Å². The maximum absolute atomic E-state index is 12.5. The van der Waals surface area contributed by atoms with E-state index in [0.717, 1.165) is 33.2 Å². The summed E-state index contributed by atoms with van der Waals surface area (Å²) >= 11 is 13.1. The van der Waals surface area contributed by atoms with E-state index in [9.17, 15) is 19.8 Å². The minimum Gasteiger partial charge on any atom is -0.545 e. The molecular weight excluding hydrogens is 523 g/mol. The number of carboxylic acids is 2. The molecule has 0 aromatic heterocycles. The Hall–Kier alpha value is -4.32. The number of carbonyl (C=O) groups is 2. The zero-order chi connectivity index (χ0) is 26.9. The Morgan fingerprint density at radius 3 is 2.08 bits per heavy atom. The predicted octanol–water partition coefficient (Wildman–Crippen LogP) is 4.10. The van der Waals surface area contributed by atoms with Crippen LogP contribution in [0.5, 0.6) is 11.5 Å². The van der Waals surface area contributed by atoms with Crippen LogP contribution in [0.3, 0.4) is 0 Å². The highest BCUT2D eigenvalue weighted by Crippen LogP contribution is 2.46. The molecule has 5 aromatic rings. The van der Waals surface area contributed by atoms with Gasteiger partial charge in [-0.1, -0.05) is 78.3 Å². The van der Waals surface area contributed by atoms with Crippen LogP contribution in [0.2, 0.25) is 10.0 Å². The molecule has 0 fully saturated rings. The molecule has 0 atom stereocenters. The Labute approximate surface area is 226 Å². The highest BCUT2D eigenvalue weighted by Gasteiger charge is 2.30. The molecule has 0 bridgehead atoms. The van der Waals surface area contributed by atoms with Crippen LogP contribution < -0.4 is 25.4 Å². The number of ether oxygens (including phenoxy) is 1. The van der Waals surface area contributed by atoms with Gasteiger partial charge in [0.25, 0.3) is 0 Å². The zero-order valence-electron chi connectivity index (χ0n) is 19.9. The van der Waals surface area contributed by atoms with Gasteiger partial charge < -0.3 is 24.5 Å². The molecule has 0 saturated heterocycles. The van der Waals surface area contributed by atoms with Gasteiger partial charge in [0.1, 0.15) is 11.5 Å². The van der Waals surface area contributed by atoms with E-state index in [-0.39, 0.29) is 15.6 Å². The molecule has 0 N–H and O–H groups in total. The lowest BCUT2D eigenvalue weighted by Crippen LogP contribution is -2.29. The number of fused-ring (bicyclic) bond motifs is 6. The number of rotatable bonds is 3. The van der Waals surface area contributed by atoms with E-state index in [1.807, 2.05) is 61.5 Å². The van der Waals surface area contributed by atoms with Gasteiger partial charge >= 0.3 is 0 Å². The number of carboxylic acid groups (broad SMARTS) is 2. The maximum atomic E-state index is 12.5. The van der Waals surface area contributed by atoms with Gasteiger partial charge in [-0.05, 0) is 57.4 Å². The SMILES string of the molecule is C=c1cc2c(c3ccccc13)=C(c1c(Cl)c(C(=O)[O-])cc(Cl)c1C(=O)[O-])c1c(cc(C)c3ccccc13)O2. The summed E-state index contributed by atoms with van der Waals surface area (Å²) in [6.07, 6.45) is 0. The fourth-order valence-corrected chi connectivity index (χ4v) is 5.93. The van der Waals surface area contributed by atoms with Crippen LogP contribution in [0, 0.1) is 6.92 Å². The van der Waals surface area contributed by atoms with Crippen LogP contribution in [-0.4, -0.2) is 11.9 Å². The first-order valence-corrected chi connectivity index (χ1v) is 12.3. The summed E-state index contributed by atoms with van der Waals surface area (Å²) in [4.78, 5) is 24.5. The summed E-state index contributed by atoms with van der Waals surface area (Å²) in [6, 6.07) is 19.7. The molecule has 1 aliphatic heterocycles. The number of benzene rings is 5. The van der Waals surface area contributed by atoms with E-state index in [0.29, 0.717) is 33.1 Å². The molecule has 6 rings (SSSR count). The molecule has 0 aliphatic carbocycles. The third-order valence-electron chi connectivity index (χ3n) is 6.92. The van der Waals surface area contributed by atoms with E-state index in [2.05, 4.69) is 6.58 Å². The van der Waals surface area contributed by atoms with Crippen molar-refractivity contribution < 1.29 is 24.5 Å². The summed E-state index contributed by atoms with van der Waals surface area (Å²) < 4.78 is 6.43. The van der Waals surface area contributed by atoms with Crippen LogP contribution in [0.25, 0.3) is 33.7 Å². The van der Waals surface area contributed by atoms with Crippen molar-refractivity contribution in [2.45, 2.75) is 6.92 Å². The van der Waals surface area contributed by atoms with E-state index in [4.69, 9.17) is 27.9 Å². The first kappa shape index (κ1) is 24.0. The third kappa shape index (κ3) is 3.40. The number of aryl methyl sites for hydroxylation is 1. The normalized spacial score (nSPS) is 12.2. The van der Waals surface area contributed by atoms with Gasteiger partial charge in [-0.15, -0.1) is 0 Å². The van der Waals surface area contributed by atoms with E-state index >= 15 is 0 Å². The molecule has 38 heavy (non-hydrogen) atoms. The summed E-state index contributed by atoms with van der Waals surface area (Å²) in [5.74, 6) is -2.33. The lowest BCUT2D eigenvalue weighted by Gasteiger charge is -2.28. The molecular formula is C31H16Cl2O5-2. The van der Waals surface area contributed by atoms with Crippen LogP contribution in [-0.2, 0) is 0 Å². The monoisotopic (exact) mass is 538 g/mol. The lowest BCUT2D eigenvalue weighted by atomic mass is 9.84. The highest BCUT2D eigenvalue weighted by atomic mass is 35.5. The molecule has 0 amide bonds. The Morgan fingerprint density at radius 1 is 0.789 bits per heavy atom. The number of halogens is 2. The first-order chi connectivity index (χ1) is 18.2. The van der Waals surface area contributed by atoms with Gasteiger partial charge in [0, 0.05) is 33.0 Å². The molecule has 5 aromatic carbocycles. The highest BCUT2D eigenvalue weighted by molar-refractivity contribution is 6.39. The van der Waals surface area contributed by atoms with Crippen LogP contribution in [0.15, 0.2) is 66.7 Å². The van der Waals surface area contributed by atoms with E-state index in [1.54, 1.807) is 6.07 Å². The molecule has 1 aliphatic rings. The fourth-order valence-electron chi connectivity index (χ4n) is 5.33. The lowest BCUT2D eigenvalue weighted by molar-refractivity contribution is -0.256. The molecule has 0 radical (unpaired) electrons. The Kier molecular flexibility index (Phi) is 5.45. The van der Waals surface area contributed by atoms with Crippen molar-refractivity contribution in [2.75, 3.05) is 0 Å². The third-order valence-corrected chi connectivity index (χ3v) is 7.61. The van der Waals surface area contributed by atoms with Gasteiger partial charge in [-0.2, -0.15) is 0 Å². The smallest absolute Gasteiger partial charge is 0.136 e. The second kappa shape index (κ2) is 8.62. The van der Waals surface area contributed by atoms with Gasteiger partial charge in [-0.25, -0.2) is 0 Å². The van der Waals surface area contributed by atoms with Gasteiger partial charge in [0.15, 0.2) is 0 Å². The Bertz CT molecular complexity index is 2010. The quantitative estimate of drug-likeness (QED) is 0.338. The molecule has 5 nitrogen and oxygen atoms in total. The summed E-state index contributed by atoms with van der Waals surface area (Å²) in [6.45, 7) is 6.11. The summed E-state index contributed by atoms with van der Waals surface area (Å²) in [5.41, 5.74) is 0.904. The molecule has 186 valence electrons. The maximum Gasteiger partial charge on any atom is 0.136 e. The average Bonchev–Trinajstić information content (AvgIpc) is 2.88. The number of carbonyl (C=O) groups excluding carboxylic acids is 2. The fraction of sp³-hybridized carbons (Fsp3) is 0.0323. The summed E-state index contributed by atoms with van der Waals surface area (Å²) in [7, 11) is 0. The Balaban J connectivity index is 1.99. The van der Waals surface area contributed by atoms with Crippen LogP contribution in [0.1, 0.15) is 37.4 Å². The van der Waals surface area contributed by atoms with Crippen LogP contribution >= 0.6 is 23.2 Å². The standard InChI is InChI=1S/C31H18Cl2O5/c1-14-11-22-24(18-9-5-3-7-16(14)18)27(25-19-10-6-4-8-17(19)15(2)12-23(25)38-22)28-26(31(36)37)21(32)13-20(29(28)33)30(34)35/h3-13H,1H2,2H3,(H,34,35)(H,36,37)/p-2. The molecule has 0 unspecified atom stereocenters. The number of hydrogen-bond acceptors (Lipinski definition) is 5. The van der Waals surface area contributed by atoms with Crippen molar-refractivity contribution >= 4 is 68.8 Å². The molecule has 0 saturated carbocycles. The van der Waals surface area contributed by atoms with Crippen molar-refractivity contribution in [3.05, 3.63) is 115 Å². The van der Waals surface area contributed by atoms with Gasteiger partial charge in [0.2, 0.25) is 0 Å². The second-order valence-corrected chi connectivity index (χ2v) is 9.87. The molecule has 0 spiro atoms. The van der Waals surface area contributed by atoms with Crippen molar-refractivity contribution in [1.29, 1.82) is 0 Å². The summed E-state index contributed by atoms with van der Waals surface area (Å²) in [5, 5.41) is 28.3.